The molecule has 3 amide bonds. The van der Waals surface area contributed by atoms with Crippen LogP contribution in [0.15, 0.2) is 42.0 Å². The summed E-state index contributed by atoms with van der Waals surface area (Å²) in [5, 5.41) is 7.52. The van der Waals surface area contributed by atoms with E-state index in [4.69, 9.17) is 4.74 Å². The molecule has 7 nitrogen and oxygen atoms in total. The van der Waals surface area contributed by atoms with E-state index in [1.165, 1.54) is 7.11 Å². The lowest BCUT2D eigenvalue weighted by Gasteiger charge is -2.25. The van der Waals surface area contributed by atoms with Gasteiger partial charge in [-0.2, -0.15) is 0 Å². The summed E-state index contributed by atoms with van der Waals surface area (Å²) >= 11 is 0. The lowest BCUT2D eigenvalue weighted by Crippen LogP contribution is -2.52. The molecule has 0 heterocycles. The third kappa shape index (κ3) is 11.2. The minimum Gasteiger partial charge on any atom is -0.467 e. The third-order valence-corrected chi connectivity index (χ3v) is 5.07. The van der Waals surface area contributed by atoms with Crippen LogP contribution in [0, 0.1) is 17.0 Å². The normalized spacial score (nSPS) is 13.8. The second-order valence-corrected chi connectivity index (χ2v) is 9.35. The van der Waals surface area contributed by atoms with Gasteiger partial charge in [0.15, 0.2) is 0 Å². The van der Waals surface area contributed by atoms with Gasteiger partial charge in [0.1, 0.15) is 23.7 Å². The van der Waals surface area contributed by atoms with E-state index in [-0.39, 0.29) is 17.5 Å². The molecule has 1 aromatic carbocycles. The van der Waals surface area contributed by atoms with Crippen LogP contribution in [0.3, 0.4) is 0 Å². The number of allylic oxidation sites excluding steroid dienone is 3. The van der Waals surface area contributed by atoms with Crippen molar-refractivity contribution in [3.8, 4) is 0 Å². The van der Waals surface area contributed by atoms with Crippen molar-refractivity contribution in [3.63, 3.8) is 0 Å². The zero-order chi connectivity index (χ0) is 26.6. The van der Waals surface area contributed by atoms with Gasteiger partial charge in [0.25, 0.3) is 0 Å². The Balaban J connectivity index is 3.12. The largest absolute Gasteiger partial charge is 0.467 e. The molecule has 2 unspecified atom stereocenters. The van der Waals surface area contributed by atoms with E-state index in [1.54, 1.807) is 0 Å². The van der Waals surface area contributed by atoms with Crippen LogP contribution in [-0.4, -0.2) is 37.1 Å². The first kappa shape index (κ1) is 29.8. The van der Waals surface area contributed by atoms with Crippen molar-refractivity contribution < 1.29 is 27.9 Å². The molecule has 1 rings (SSSR count). The molecule has 0 saturated heterocycles. The van der Waals surface area contributed by atoms with Gasteiger partial charge in [0, 0.05) is 12.5 Å². The summed E-state index contributed by atoms with van der Waals surface area (Å²) in [4.78, 5) is 38.1. The van der Waals surface area contributed by atoms with Gasteiger partial charge in [-0.1, -0.05) is 45.9 Å². The number of carbonyl (C=O) groups excluding carboxylic acids is 3. The zero-order valence-corrected chi connectivity index (χ0v) is 21.3. The van der Waals surface area contributed by atoms with Crippen LogP contribution in [-0.2, 0) is 14.3 Å². The van der Waals surface area contributed by atoms with Crippen LogP contribution >= 0.6 is 0 Å². The molecule has 0 bridgehead atoms. The molecule has 0 spiro atoms. The predicted octanol–water partition coefficient (Wildman–Crippen LogP) is 5.24. The van der Waals surface area contributed by atoms with Gasteiger partial charge in [-0.05, 0) is 49.3 Å². The fourth-order valence-corrected chi connectivity index (χ4v) is 3.29. The number of ether oxygens (including phenoxy) is 1. The molecule has 0 aliphatic carbocycles. The van der Waals surface area contributed by atoms with Gasteiger partial charge < -0.3 is 20.7 Å². The van der Waals surface area contributed by atoms with Crippen molar-refractivity contribution >= 4 is 23.6 Å². The Labute approximate surface area is 206 Å². The molecule has 0 aliphatic rings. The Morgan fingerprint density at radius 1 is 1.11 bits per heavy atom. The number of halogens is 2. The average molecular weight is 494 g/mol. The number of hydrogen-bond donors (Lipinski definition) is 3. The van der Waals surface area contributed by atoms with E-state index in [1.807, 2.05) is 52.8 Å². The Hall–Kier alpha value is -3.23. The number of carbonyl (C=O) groups is 3. The first-order valence-corrected chi connectivity index (χ1v) is 11.6. The summed E-state index contributed by atoms with van der Waals surface area (Å²) in [5.74, 6) is -2.91. The molecule has 0 saturated carbocycles. The highest BCUT2D eigenvalue weighted by Gasteiger charge is 2.29. The van der Waals surface area contributed by atoms with Crippen LogP contribution < -0.4 is 16.0 Å². The summed E-state index contributed by atoms with van der Waals surface area (Å²) < 4.78 is 32.0. The number of esters is 1. The summed E-state index contributed by atoms with van der Waals surface area (Å²) in [6.07, 6.45) is 7.39. The van der Waals surface area contributed by atoms with Crippen molar-refractivity contribution in [2.24, 2.45) is 5.41 Å². The van der Waals surface area contributed by atoms with Crippen molar-refractivity contribution in [2.75, 3.05) is 12.4 Å². The van der Waals surface area contributed by atoms with Gasteiger partial charge in [0.2, 0.25) is 5.91 Å². The summed E-state index contributed by atoms with van der Waals surface area (Å²) in [5.41, 5.74) is 0.489. The maximum atomic E-state index is 14.0. The van der Waals surface area contributed by atoms with E-state index < -0.39 is 41.6 Å². The molecule has 0 aliphatic heterocycles. The fourth-order valence-electron chi connectivity index (χ4n) is 3.29. The lowest BCUT2D eigenvalue weighted by atomic mass is 9.88. The quantitative estimate of drug-likeness (QED) is 0.290. The van der Waals surface area contributed by atoms with Crippen LogP contribution in [0.4, 0.5) is 19.3 Å². The molecule has 194 valence electrons. The van der Waals surface area contributed by atoms with Gasteiger partial charge >= 0.3 is 12.0 Å². The second-order valence-electron chi connectivity index (χ2n) is 9.35. The number of benzene rings is 1. The van der Waals surface area contributed by atoms with Gasteiger partial charge in [-0.15, -0.1) is 0 Å². The first-order valence-electron chi connectivity index (χ1n) is 11.6. The Kier molecular flexibility index (Phi) is 12.1. The molecule has 35 heavy (non-hydrogen) atoms. The van der Waals surface area contributed by atoms with Crippen molar-refractivity contribution in [3.05, 3.63) is 53.6 Å². The van der Waals surface area contributed by atoms with Crippen molar-refractivity contribution in [1.29, 1.82) is 0 Å². The highest BCUT2D eigenvalue weighted by atomic mass is 19.1. The average Bonchev–Trinajstić information content (AvgIpc) is 2.77. The monoisotopic (exact) mass is 493 g/mol. The van der Waals surface area contributed by atoms with Crippen molar-refractivity contribution in [2.45, 2.75) is 72.4 Å². The fraction of sp³-hybridized carbons (Fsp3) is 0.500. The zero-order valence-electron chi connectivity index (χ0n) is 21.3. The van der Waals surface area contributed by atoms with Crippen molar-refractivity contribution in [1.82, 2.24) is 10.6 Å². The minimum atomic E-state index is -1.07. The predicted molar refractivity (Wildman–Crippen MR) is 133 cm³/mol. The summed E-state index contributed by atoms with van der Waals surface area (Å²) in [7, 11) is 1.24. The molecule has 0 fully saturated rings. The SMILES string of the molecule is CC=CC(=CCC)CC(NC(=O)Nc1ccc(F)cc1F)C(=O)NC(CCC(C)(C)C)C(=O)OC. The Morgan fingerprint density at radius 2 is 1.80 bits per heavy atom. The first-order chi connectivity index (χ1) is 16.4. The lowest BCUT2D eigenvalue weighted by molar-refractivity contribution is -0.145. The van der Waals surface area contributed by atoms with Gasteiger partial charge in [0.05, 0.1) is 12.8 Å². The molecule has 9 heteroatoms. The summed E-state index contributed by atoms with van der Waals surface area (Å²) in [6.45, 7) is 9.83. The molecule has 1 aromatic rings. The highest BCUT2D eigenvalue weighted by molar-refractivity contribution is 5.95. The molecule has 2 atom stereocenters. The van der Waals surface area contributed by atoms with E-state index >= 15 is 0 Å². The molecular weight excluding hydrogens is 456 g/mol. The van der Waals surface area contributed by atoms with Gasteiger partial charge in [-0.25, -0.2) is 18.4 Å². The van der Waals surface area contributed by atoms with E-state index in [9.17, 15) is 23.2 Å². The molecule has 0 radical (unpaired) electrons. The smallest absolute Gasteiger partial charge is 0.328 e. The number of methoxy groups -OCH3 is 1. The van der Waals surface area contributed by atoms with Crippen LogP contribution in [0.2, 0.25) is 0 Å². The number of hydrogen-bond acceptors (Lipinski definition) is 4. The van der Waals surface area contributed by atoms with Gasteiger partial charge in [-0.3, -0.25) is 4.79 Å². The number of rotatable bonds is 11. The van der Waals surface area contributed by atoms with E-state index in [0.29, 0.717) is 25.3 Å². The van der Waals surface area contributed by atoms with E-state index in [2.05, 4.69) is 16.0 Å². The number of nitrogens with one attached hydrogen (secondary N) is 3. The molecular formula is C26H37F2N3O4. The van der Waals surface area contributed by atoms with Crippen LogP contribution in [0.1, 0.15) is 60.3 Å². The second kappa shape index (κ2) is 14.2. The number of anilines is 1. The standard InChI is InChI=1S/C26H37F2N3O4/c1-7-9-17(10-8-2)15-22(31-25(34)30-20-12-11-18(27)16-19(20)28)23(32)29-21(24(33)35-6)13-14-26(3,4)5/h7,9-12,16,21-22H,8,13-15H2,1-6H3,(H,29,32)(H2,30,31,34). The summed E-state index contributed by atoms with van der Waals surface area (Å²) in [6, 6.07) is -0.0851. The number of amides is 3. The molecule has 3 N–H and O–H groups in total. The topological polar surface area (TPSA) is 96.5 Å². The van der Waals surface area contributed by atoms with E-state index in [0.717, 1.165) is 17.7 Å². The van der Waals surface area contributed by atoms with Crippen LogP contribution in [0.5, 0.6) is 0 Å². The number of urea groups is 1. The van der Waals surface area contributed by atoms with Crippen LogP contribution in [0.25, 0.3) is 0 Å². The maximum Gasteiger partial charge on any atom is 0.328 e. The highest BCUT2D eigenvalue weighted by Crippen LogP contribution is 2.22. The Bertz CT molecular complexity index is 939. The minimum absolute atomic E-state index is 0.0727. The maximum absolute atomic E-state index is 14.0. The molecule has 0 aromatic heterocycles. The third-order valence-electron chi connectivity index (χ3n) is 5.07. The Morgan fingerprint density at radius 3 is 2.34 bits per heavy atom.